The molecule has 0 saturated carbocycles. The predicted molar refractivity (Wildman–Crippen MR) is 75.3 cm³/mol. The normalized spacial score (nSPS) is 11.5. The number of benzene rings is 1. The number of aryl methyl sites for hydroxylation is 1. The second kappa shape index (κ2) is 6.10. The highest BCUT2D eigenvalue weighted by Crippen LogP contribution is 2.25. The largest absolute Gasteiger partial charge is 0.495 e. The molecule has 1 aromatic carbocycles. The highest BCUT2D eigenvalue weighted by Gasteiger charge is 2.19. The Morgan fingerprint density at radius 3 is 2.81 bits per heavy atom. The van der Waals surface area contributed by atoms with Crippen LogP contribution in [0, 0.1) is 6.92 Å². The minimum absolute atomic E-state index is 0.00528. The third-order valence-corrected chi connectivity index (χ3v) is 4.17. The van der Waals surface area contributed by atoms with Gasteiger partial charge in [-0.2, -0.15) is 4.98 Å². The van der Waals surface area contributed by atoms with Crippen molar-refractivity contribution in [2.45, 2.75) is 18.2 Å². The van der Waals surface area contributed by atoms with Crippen LogP contribution in [0.1, 0.15) is 11.7 Å². The van der Waals surface area contributed by atoms with E-state index in [0.29, 0.717) is 23.8 Å². The van der Waals surface area contributed by atoms with Gasteiger partial charge in [-0.1, -0.05) is 5.16 Å². The van der Waals surface area contributed by atoms with E-state index in [4.69, 9.17) is 15.0 Å². The molecule has 8 nitrogen and oxygen atoms in total. The summed E-state index contributed by atoms with van der Waals surface area (Å²) in [4.78, 5) is 3.99. The maximum Gasteiger partial charge on any atom is 0.244 e. The van der Waals surface area contributed by atoms with Crippen LogP contribution in [0.25, 0.3) is 0 Å². The zero-order valence-corrected chi connectivity index (χ0v) is 12.5. The molecule has 0 radical (unpaired) electrons. The fourth-order valence-corrected chi connectivity index (χ4v) is 2.95. The predicted octanol–water partition coefficient (Wildman–Crippen LogP) is 0.490. The van der Waals surface area contributed by atoms with E-state index in [9.17, 15) is 8.42 Å². The summed E-state index contributed by atoms with van der Waals surface area (Å²) in [5.74, 6) is 1.10. The van der Waals surface area contributed by atoms with Gasteiger partial charge in [-0.15, -0.1) is 0 Å². The maximum atomic E-state index is 12.2. The molecule has 0 aliphatic carbocycles. The molecule has 0 spiro atoms. The van der Waals surface area contributed by atoms with Crippen LogP contribution in [0.4, 0.5) is 5.69 Å². The van der Waals surface area contributed by atoms with E-state index < -0.39 is 10.0 Å². The van der Waals surface area contributed by atoms with E-state index in [-0.39, 0.29) is 17.2 Å². The summed E-state index contributed by atoms with van der Waals surface area (Å²) < 4.78 is 36.8. The Morgan fingerprint density at radius 1 is 1.43 bits per heavy atom. The van der Waals surface area contributed by atoms with Crippen molar-refractivity contribution in [3.8, 4) is 5.75 Å². The van der Waals surface area contributed by atoms with Crippen molar-refractivity contribution in [1.82, 2.24) is 14.9 Å². The fourth-order valence-electron chi connectivity index (χ4n) is 1.72. The minimum atomic E-state index is -3.73. The standard InChI is InChI=1S/C12H16N4O4S/c1-8-15-12(16-20-8)5-6-14-21(17,18)11-7-9(13)3-4-10(11)19-2/h3-4,7,14H,5-6,13H2,1-2H3. The van der Waals surface area contributed by atoms with Crippen LogP contribution in [0.2, 0.25) is 0 Å². The summed E-state index contributed by atoms with van der Waals surface area (Å²) in [6.45, 7) is 1.80. The number of hydrogen-bond donors (Lipinski definition) is 2. The van der Waals surface area contributed by atoms with Crippen LogP contribution in [0.15, 0.2) is 27.6 Å². The first-order valence-electron chi connectivity index (χ1n) is 6.15. The smallest absolute Gasteiger partial charge is 0.244 e. The molecular weight excluding hydrogens is 296 g/mol. The Hall–Kier alpha value is -2.13. The Balaban J connectivity index is 2.09. The number of methoxy groups -OCH3 is 1. The monoisotopic (exact) mass is 312 g/mol. The zero-order chi connectivity index (χ0) is 15.5. The first-order valence-corrected chi connectivity index (χ1v) is 7.63. The van der Waals surface area contributed by atoms with Gasteiger partial charge >= 0.3 is 0 Å². The molecule has 0 aliphatic heterocycles. The van der Waals surface area contributed by atoms with Gasteiger partial charge in [-0.05, 0) is 18.2 Å². The highest BCUT2D eigenvalue weighted by molar-refractivity contribution is 7.89. The lowest BCUT2D eigenvalue weighted by Crippen LogP contribution is -2.26. The van der Waals surface area contributed by atoms with Crippen LogP contribution in [-0.4, -0.2) is 32.2 Å². The van der Waals surface area contributed by atoms with Crippen LogP contribution < -0.4 is 15.2 Å². The lowest BCUT2D eigenvalue weighted by Gasteiger charge is -2.10. The molecule has 0 amide bonds. The average Bonchev–Trinajstić information content (AvgIpc) is 2.84. The van der Waals surface area contributed by atoms with Crippen molar-refractivity contribution in [1.29, 1.82) is 0 Å². The number of hydrogen-bond acceptors (Lipinski definition) is 7. The summed E-state index contributed by atoms with van der Waals surface area (Å²) >= 11 is 0. The molecule has 1 heterocycles. The second-order valence-corrected chi connectivity index (χ2v) is 6.02. The SMILES string of the molecule is COc1ccc(N)cc1S(=O)(=O)NCCc1noc(C)n1. The van der Waals surface area contributed by atoms with E-state index in [1.807, 2.05) is 0 Å². The number of aromatic nitrogens is 2. The van der Waals surface area contributed by atoms with Gasteiger partial charge in [0, 0.05) is 25.6 Å². The second-order valence-electron chi connectivity index (χ2n) is 4.29. The van der Waals surface area contributed by atoms with Crippen LogP contribution in [0.5, 0.6) is 5.75 Å². The maximum absolute atomic E-state index is 12.2. The molecule has 0 saturated heterocycles. The van der Waals surface area contributed by atoms with Gasteiger partial charge in [-0.25, -0.2) is 13.1 Å². The summed E-state index contributed by atoms with van der Waals surface area (Å²) in [6, 6.07) is 4.42. The van der Waals surface area contributed by atoms with Gasteiger partial charge in [0.25, 0.3) is 0 Å². The van der Waals surface area contributed by atoms with E-state index in [1.54, 1.807) is 13.0 Å². The molecule has 0 bridgehead atoms. The molecular formula is C12H16N4O4S. The highest BCUT2D eigenvalue weighted by atomic mass is 32.2. The number of nitrogens with two attached hydrogens (primary N) is 1. The summed E-state index contributed by atoms with van der Waals surface area (Å²) in [5, 5.41) is 3.69. The van der Waals surface area contributed by atoms with Gasteiger partial charge in [0.1, 0.15) is 10.6 Å². The van der Waals surface area contributed by atoms with Crippen molar-refractivity contribution in [3.05, 3.63) is 29.9 Å². The quantitative estimate of drug-likeness (QED) is 0.745. The van der Waals surface area contributed by atoms with Crippen molar-refractivity contribution in [2.75, 3.05) is 19.4 Å². The average molecular weight is 312 g/mol. The van der Waals surface area contributed by atoms with E-state index in [0.717, 1.165) is 0 Å². The Kier molecular flexibility index (Phi) is 4.43. The van der Waals surface area contributed by atoms with Crippen molar-refractivity contribution in [2.24, 2.45) is 0 Å². The van der Waals surface area contributed by atoms with Crippen molar-refractivity contribution >= 4 is 15.7 Å². The molecule has 2 aromatic rings. The van der Waals surface area contributed by atoms with Gasteiger partial charge < -0.3 is 15.0 Å². The minimum Gasteiger partial charge on any atom is -0.495 e. The first-order chi connectivity index (χ1) is 9.92. The van der Waals surface area contributed by atoms with E-state index in [2.05, 4.69) is 14.9 Å². The molecule has 0 fully saturated rings. The van der Waals surface area contributed by atoms with Crippen molar-refractivity contribution < 1.29 is 17.7 Å². The van der Waals surface area contributed by atoms with E-state index in [1.165, 1.54) is 19.2 Å². The van der Waals surface area contributed by atoms with E-state index >= 15 is 0 Å². The molecule has 3 N–H and O–H groups in total. The first kappa shape index (κ1) is 15.3. The summed E-state index contributed by atoms with van der Waals surface area (Å²) in [6.07, 6.45) is 0.321. The van der Waals surface area contributed by atoms with Gasteiger partial charge in [0.2, 0.25) is 15.9 Å². The van der Waals surface area contributed by atoms with Gasteiger partial charge in [-0.3, -0.25) is 0 Å². The number of nitrogens with zero attached hydrogens (tertiary/aromatic N) is 2. The van der Waals surface area contributed by atoms with Crippen LogP contribution in [0.3, 0.4) is 0 Å². The lowest BCUT2D eigenvalue weighted by molar-refractivity contribution is 0.387. The third kappa shape index (κ3) is 3.70. The third-order valence-electron chi connectivity index (χ3n) is 2.69. The molecule has 9 heteroatoms. The Morgan fingerprint density at radius 2 is 2.19 bits per heavy atom. The molecule has 114 valence electrons. The molecule has 1 aromatic heterocycles. The Labute approximate surface area is 122 Å². The molecule has 21 heavy (non-hydrogen) atoms. The number of rotatable bonds is 6. The number of ether oxygens (including phenoxy) is 1. The lowest BCUT2D eigenvalue weighted by atomic mass is 10.3. The molecule has 0 aliphatic rings. The van der Waals surface area contributed by atoms with Crippen LogP contribution >= 0.6 is 0 Å². The molecule has 0 unspecified atom stereocenters. The number of anilines is 1. The summed E-state index contributed by atoms with van der Waals surface area (Å²) in [7, 11) is -2.33. The topological polar surface area (TPSA) is 120 Å². The van der Waals surface area contributed by atoms with Crippen molar-refractivity contribution in [3.63, 3.8) is 0 Å². The molecule has 2 rings (SSSR count). The Bertz CT molecular complexity index is 727. The van der Waals surface area contributed by atoms with Crippen LogP contribution in [-0.2, 0) is 16.4 Å². The van der Waals surface area contributed by atoms with Gasteiger partial charge in [0.05, 0.1) is 7.11 Å². The number of sulfonamides is 1. The summed E-state index contributed by atoms with van der Waals surface area (Å²) in [5.41, 5.74) is 5.96. The number of nitrogens with one attached hydrogen (secondary N) is 1. The fraction of sp³-hybridized carbons (Fsp3) is 0.333. The molecule has 0 atom stereocenters. The van der Waals surface area contributed by atoms with Gasteiger partial charge in [0.15, 0.2) is 5.82 Å². The number of nitrogen functional groups attached to an aromatic ring is 1. The zero-order valence-electron chi connectivity index (χ0n) is 11.7.